The Morgan fingerprint density at radius 1 is 1.05 bits per heavy atom. The Morgan fingerprint density at radius 3 is 2.58 bits per heavy atom. The van der Waals surface area contributed by atoms with Crippen molar-refractivity contribution in [3.8, 4) is 0 Å². The van der Waals surface area contributed by atoms with Gasteiger partial charge in [0.05, 0.1) is 12.2 Å². The highest BCUT2D eigenvalue weighted by Crippen LogP contribution is 2.33. The third kappa shape index (κ3) is 5.91. The van der Waals surface area contributed by atoms with E-state index in [-0.39, 0.29) is 35.9 Å². The molecular weight excluding hydrogens is 507 g/mol. The van der Waals surface area contributed by atoms with Crippen LogP contribution in [0, 0.1) is 17.7 Å². The summed E-state index contributed by atoms with van der Waals surface area (Å²) in [6.45, 7) is 0.429. The molecular formula is C29H28ClFN4O3. The topological polar surface area (TPSA) is 92.3 Å². The van der Waals surface area contributed by atoms with E-state index in [9.17, 15) is 18.8 Å². The van der Waals surface area contributed by atoms with E-state index in [0.29, 0.717) is 47.8 Å². The van der Waals surface area contributed by atoms with Gasteiger partial charge in [0.2, 0.25) is 5.91 Å². The van der Waals surface area contributed by atoms with Crippen molar-refractivity contribution in [2.45, 2.75) is 44.6 Å². The number of hydrogen-bond donors (Lipinski definition) is 1. The molecule has 0 bridgehead atoms. The highest BCUT2D eigenvalue weighted by molar-refractivity contribution is 6.30. The molecule has 1 atom stereocenters. The van der Waals surface area contributed by atoms with Gasteiger partial charge in [-0.3, -0.25) is 19.4 Å². The monoisotopic (exact) mass is 534 g/mol. The van der Waals surface area contributed by atoms with Crippen molar-refractivity contribution in [3.05, 3.63) is 88.6 Å². The van der Waals surface area contributed by atoms with Crippen molar-refractivity contribution in [2.75, 3.05) is 11.9 Å². The van der Waals surface area contributed by atoms with Crippen LogP contribution in [0.1, 0.15) is 47.3 Å². The zero-order valence-corrected chi connectivity index (χ0v) is 21.5. The van der Waals surface area contributed by atoms with Crippen LogP contribution >= 0.6 is 11.6 Å². The first-order chi connectivity index (χ1) is 18.4. The number of aromatic nitrogens is 2. The summed E-state index contributed by atoms with van der Waals surface area (Å²) < 4.78 is 13.1. The number of ketones is 1. The SMILES string of the molecule is O=C(Nc1ccc(F)cn1)C1CCC(CN2C(=O)c3ccc(Cl)cc3CC(=O)[C@H]2Cc2ccccn2)CC1. The number of nitrogens with one attached hydrogen (secondary N) is 1. The predicted octanol–water partition coefficient (Wildman–Crippen LogP) is 4.89. The number of nitrogens with zero attached hydrogens (tertiary/aromatic N) is 3. The molecule has 2 amide bonds. The van der Waals surface area contributed by atoms with Gasteiger partial charge < -0.3 is 10.2 Å². The summed E-state index contributed by atoms with van der Waals surface area (Å²) in [5.41, 5.74) is 1.91. The third-order valence-corrected chi connectivity index (χ3v) is 7.69. The lowest BCUT2D eigenvalue weighted by Crippen LogP contribution is -2.48. The molecule has 3 heterocycles. The standard InChI is InChI=1S/C29H28ClFN4O3/c30-21-8-10-24-20(13-21)14-26(36)25(15-23-3-1-2-12-32-23)35(29(24)38)17-18-4-6-19(7-5-18)28(37)34-27-11-9-22(31)16-33-27/h1-3,8-13,16,18-19,25H,4-7,14-15,17H2,(H,33,34,37)/t18?,19?,25-/m1/s1. The molecule has 0 unspecified atom stereocenters. The van der Waals surface area contributed by atoms with Gasteiger partial charge in [0.15, 0.2) is 5.78 Å². The second kappa shape index (κ2) is 11.4. The van der Waals surface area contributed by atoms with Crippen molar-refractivity contribution in [2.24, 2.45) is 11.8 Å². The third-order valence-electron chi connectivity index (χ3n) is 7.45. The fourth-order valence-electron chi connectivity index (χ4n) is 5.41. The molecule has 1 aromatic carbocycles. The average molecular weight is 535 g/mol. The first kappa shape index (κ1) is 26.0. The minimum atomic E-state index is -0.630. The number of Topliss-reactive ketones (excluding diaryl/α,β-unsaturated/α-hetero) is 1. The fraction of sp³-hybridized carbons (Fsp3) is 0.345. The van der Waals surface area contributed by atoms with E-state index in [1.165, 1.54) is 12.1 Å². The number of pyridine rings is 2. The van der Waals surface area contributed by atoms with E-state index in [0.717, 1.165) is 24.7 Å². The molecule has 1 saturated carbocycles. The predicted molar refractivity (Wildman–Crippen MR) is 141 cm³/mol. The lowest BCUT2D eigenvalue weighted by atomic mass is 9.81. The maximum atomic E-state index is 13.8. The zero-order chi connectivity index (χ0) is 26.6. The number of anilines is 1. The van der Waals surface area contributed by atoms with Crippen LogP contribution in [-0.2, 0) is 22.4 Å². The molecule has 5 rings (SSSR count). The summed E-state index contributed by atoms with van der Waals surface area (Å²) in [5, 5.41) is 3.25. The number of hydrogen-bond acceptors (Lipinski definition) is 5. The van der Waals surface area contributed by atoms with Gasteiger partial charge in [-0.25, -0.2) is 9.37 Å². The van der Waals surface area contributed by atoms with Gasteiger partial charge in [0.1, 0.15) is 11.6 Å². The number of carbonyl (C=O) groups is 3. The summed E-state index contributed by atoms with van der Waals surface area (Å²) >= 11 is 6.18. The maximum Gasteiger partial charge on any atom is 0.254 e. The Bertz CT molecular complexity index is 1330. The molecule has 1 aliphatic carbocycles. The van der Waals surface area contributed by atoms with Crippen LogP contribution in [0.2, 0.25) is 5.02 Å². The minimum absolute atomic E-state index is 0.0371. The van der Waals surface area contributed by atoms with Gasteiger partial charge in [-0.15, -0.1) is 0 Å². The largest absolute Gasteiger partial charge is 0.328 e. The van der Waals surface area contributed by atoms with E-state index >= 15 is 0 Å². The maximum absolute atomic E-state index is 13.8. The van der Waals surface area contributed by atoms with Crippen molar-refractivity contribution < 1.29 is 18.8 Å². The van der Waals surface area contributed by atoms with Crippen molar-refractivity contribution in [1.82, 2.24) is 14.9 Å². The Hall–Kier alpha value is -3.65. The van der Waals surface area contributed by atoms with Crippen LogP contribution in [0.15, 0.2) is 60.9 Å². The van der Waals surface area contributed by atoms with Gasteiger partial charge in [-0.2, -0.15) is 0 Å². The molecule has 1 N–H and O–H groups in total. The van der Waals surface area contributed by atoms with E-state index in [1.54, 1.807) is 29.3 Å². The van der Waals surface area contributed by atoms with Gasteiger partial charge >= 0.3 is 0 Å². The molecule has 1 fully saturated rings. The fourth-order valence-corrected chi connectivity index (χ4v) is 5.60. The normalized spacial score (nSPS) is 21.5. The molecule has 7 nitrogen and oxygen atoms in total. The number of amides is 2. The highest BCUT2D eigenvalue weighted by Gasteiger charge is 2.38. The Kier molecular flexibility index (Phi) is 7.79. The van der Waals surface area contributed by atoms with Crippen molar-refractivity contribution in [3.63, 3.8) is 0 Å². The molecule has 2 aromatic heterocycles. The first-order valence-corrected chi connectivity index (χ1v) is 13.2. The molecule has 1 aliphatic heterocycles. The Balaban J connectivity index is 1.30. The van der Waals surface area contributed by atoms with Crippen LogP contribution in [-0.4, -0.2) is 45.1 Å². The Morgan fingerprint density at radius 2 is 1.87 bits per heavy atom. The molecule has 3 aromatic rings. The van der Waals surface area contributed by atoms with Crippen LogP contribution < -0.4 is 5.32 Å². The van der Waals surface area contributed by atoms with Crippen LogP contribution in [0.4, 0.5) is 10.2 Å². The van der Waals surface area contributed by atoms with E-state index in [1.807, 2.05) is 18.2 Å². The molecule has 196 valence electrons. The molecule has 9 heteroatoms. The lowest BCUT2D eigenvalue weighted by molar-refractivity contribution is -0.122. The van der Waals surface area contributed by atoms with Crippen LogP contribution in [0.25, 0.3) is 0 Å². The van der Waals surface area contributed by atoms with Gasteiger partial charge in [0, 0.05) is 47.8 Å². The quantitative estimate of drug-likeness (QED) is 0.486. The number of benzene rings is 1. The molecule has 2 aliphatic rings. The van der Waals surface area contributed by atoms with Crippen LogP contribution in [0.3, 0.4) is 0 Å². The summed E-state index contributed by atoms with van der Waals surface area (Å²) in [7, 11) is 0. The molecule has 0 radical (unpaired) electrons. The highest BCUT2D eigenvalue weighted by atomic mass is 35.5. The summed E-state index contributed by atoms with van der Waals surface area (Å²) in [4.78, 5) is 50.0. The minimum Gasteiger partial charge on any atom is -0.328 e. The zero-order valence-electron chi connectivity index (χ0n) is 20.8. The second-order valence-corrected chi connectivity index (χ2v) is 10.4. The van der Waals surface area contributed by atoms with Gasteiger partial charge in [-0.05, 0) is 79.6 Å². The number of carbonyl (C=O) groups excluding carboxylic acids is 3. The number of rotatable bonds is 6. The number of halogens is 2. The van der Waals surface area contributed by atoms with Crippen molar-refractivity contribution in [1.29, 1.82) is 0 Å². The van der Waals surface area contributed by atoms with Gasteiger partial charge in [-0.1, -0.05) is 17.7 Å². The molecule has 0 saturated heterocycles. The molecule has 0 spiro atoms. The van der Waals surface area contributed by atoms with E-state index in [2.05, 4.69) is 15.3 Å². The Labute approximate surface area is 225 Å². The second-order valence-electron chi connectivity index (χ2n) is 10.0. The first-order valence-electron chi connectivity index (χ1n) is 12.8. The molecule has 38 heavy (non-hydrogen) atoms. The average Bonchev–Trinajstić information content (AvgIpc) is 3.00. The summed E-state index contributed by atoms with van der Waals surface area (Å²) in [5.74, 6) is -0.523. The van der Waals surface area contributed by atoms with Crippen molar-refractivity contribution >= 4 is 35.0 Å². The number of fused-ring (bicyclic) bond motifs is 1. The van der Waals surface area contributed by atoms with Crippen LogP contribution in [0.5, 0.6) is 0 Å². The summed E-state index contributed by atoms with van der Waals surface area (Å²) in [6, 6.07) is 12.7. The summed E-state index contributed by atoms with van der Waals surface area (Å²) in [6.07, 6.45) is 6.04. The lowest BCUT2D eigenvalue weighted by Gasteiger charge is -2.35. The van der Waals surface area contributed by atoms with E-state index < -0.39 is 11.9 Å². The smallest absolute Gasteiger partial charge is 0.254 e. The van der Waals surface area contributed by atoms with Gasteiger partial charge in [0.25, 0.3) is 5.91 Å². The van der Waals surface area contributed by atoms with E-state index in [4.69, 9.17) is 11.6 Å².